The Morgan fingerprint density at radius 2 is 2.00 bits per heavy atom. The van der Waals surface area contributed by atoms with Crippen LogP contribution in [0.25, 0.3) is 0 Å². The molecule has 4 rings (SSSR count). The zero-order valence-corrected chi connectivity index (χ0v) is 15.4. The van der Waals surface area contributed by atoms with Crippen molar-refractivity contribution in [1.29, 1.82) is 0 Å². The first-order valence-corrected chi connectivity index (χ1v) is 9.68. The summed E-state index contributed by atoms with van der Waals surface area (Å²) in [4.78, 5) is 33.1. The summed E-state index contributed by atoms with van der Waals surface area (Å²) in [5, 5.41) is 0. The Hall–Kier alpha value is -1.62. The summed E-state index contributed by atoms with van der Waals surface area (Å²) in [7, 11) is 0. The average Bonchev–Trinajstić information content (AvgIpc) is 3.33. The van der Waals surface area contributed by atoms with Crippen LogP contribution < -0.4 is 5.43 Å². The Morgan fingerprint density at radius 3 is 2.76 bits per heavy atom. The van der Waals surface area contributed by atoms with Crippen LogP contribution in [0.3, 0.4) is 0 Å². The minimum absolute atomic E-state index is 0.131. The normalized spacial score (nSPS) is 27.4. The molecule has 1 aromatic heterocycles. The van der Waals surface area contributed by atoms with Gasteiger partial charge in [-0.3, -0.25) is 14.5 Å². The standard InChI is InChI=1S/C20H29N3O2/c1-14-10-21-17(15(2)18(14)24)12-22-9-7-20(13-22)6-3-8-23(19(20)25)11-16-4-5-16/h10,16H,3-9,11-13H2,1-2H3,(H,21,24)/t20-/m0/s1. The number of hydrogen-bond donors (Lipinski definition) is 1. The van der Waals surface area contributed by atoms with Gasteiger partial charge in [-0.25, -0.2) is 0 Å². The number of nitrogens with one attached hydrogen (secondary N) is 1. The SMILES string of the molecule is Cc1c[nH]c(CN2CC[C@@]3(CCCN(CC4CC4)C3=O)C2)c(C)c1=O. The van der Waals surface area contributed by atoms with Crippen molar-refractivity contribution in [1.82, 2.24) is 14.8 Å². The van der Waals surface area contributed by atoms with Crippen LogP contribution in [0.15, 0.2) is 11.0 Å². The van der Waals surface area contributed by atoms with Gasteiger partial charge in [-0.2, -0.15) is 0 Å². The lowest BCUT2D eigenvalue weighted by atomic mass is 9.78. The fraction of sp³-hybridized carbons (Fsp3) is 0.700. The molecule has 1 atom stereocenters. The van der Waals surface area contributed by atoms with E-state index in [0.717, 1.165) is 74.7 Å². The van der Waals surface area contributed by atoms with E-state index in [-0.39, 0.29) is 10.8 Å². The van der Waals surface area contributed by atoms with E-state index in [9.17, 15) is 9.59 Å². The zero-order chi connectivity index (χ0) is 17.6. The molecule has 0 radical (unpaired) electrons. The lowest BCUT2D eigenvalue weighted by Gasteiger charge is -2.39. The van der Waals surface area contributed by atoms with E-state index in [1.54, 1.807) is 6.20 Å². The van der Waals surface area contributed by atoms with Crippen LogP contribution in [0.1, 0.15) is 48.9 Å². The summed E-state index contributed by atoms with van der Waals surface area (Å²) >= 11 is 0. The van der Waals surface area contributed by atoms with Gasteiger partial charge in [0.15, 0.2) is 5.43 Å². The molecular weight excluding hydrogens is 314 g/mol. The van der Waals surface area contributed by atoms with Crippen molar-refractivity contribution in [3.8, 4) is 0 Å². The van der Waals surface area contributed by atoms with Gasteiger partial charge < -0.3 is 9.88 Å². The monoisotopic (exact) mass is 343 g/mol. The molecule has 1 spiro atoms. The van der Waals surface area contributed by atoms with Crippen molar-refractivity contribution in [3.05, 3.63) is 33.2 Å². The molecule has 3 fully saturated rings. The molecule has 25 heavy (non-hydrogen) atoms. The minimum atomic E-state index is -0.175. The highest BCUT2D eigenvalue weighted by Crippen LogP contribution is 2.42. The molecule has 2 aliphatic heterocycles. The maximum Gasteiger partial charge on any atom is 0.230 e. The number of H-pyrrole nitrogens is 1. The van der Waals surface area contributed by atoms with Crippen LogP contribution in [0.5, 0.6) is 0 Å². The summed E-state index contributed by atoms with van der Waals surface area (Å²) in [5.41, 5.74) is 2.52. The number of hydrogen-bond acceptors (Lipinski definition) is 3. The number of aromatic nitrogens is 1. The van der Waals surface area contributed by atoms with Gasteiger partial charge >= 0.3 is 0 Å². The maximum atomic E-state index is 13.1. The predicted octanol–water partition coefficient (Wildman–Crippen LogP) is 2.22. The number of carbonyl (C=O) groups excluding carboxylic acids is 1. The lowest BCUT2D eigenvalue weighted by molar-refractivity contribution is -0.145. The molecule has 1 aromatic rings. The number of carbonyl (C=O) groups is 1. The molecule has 1 N–H and O–H groups in total. The quantitative estimate of drug-likeness (QED) is 0.912. The number of aryl methyl sites for hydroxylation is 1. The first kappa shape index (κ1) is 16.8. The second kappa shape index (κ2) is 6.27. The number of piperidine rings is 1. The Morgan fingerprint density at radius 1 is 1.20 bits per heavy atom. The van der Waals surface area contributed by atoms with Crippen molar-refractivity contribution in [2.24, 2.45) is 11.3 Å². The average molecular weight is 343 g/mol. The first-order valence-electron chi connectivity index (χ1n) is 9.68. The van der Waals surface area contributed by atoms with Crippen LogP contribution in [0.4, 0.5) is 0 Å². The maximum absolute atomic E-state index is 13.1. The Bertz CT molecular complexity index is 737. The summed E-state index contributed by atoms with van der Waals surface area (Å²) in [6, 6.07) is 0. The van der Waals surface area contributed by atoms with Gasteiger partial charge in [0, 0.05) is 49.2 Å². The number of likely N-dealkylation sites (tertiary alicyclic amines) is 2. The van der Waals surface area contributed by atoms with Crippen molar-refractivity contribution < 1.29 is 4.79 Å². The lowest BCUT2D eigenvalue weighted by Crippen LogP contribution is -2.50. The zero-order valence-electron chi connectivity index (χ0n) is 15.4. The number of aromatic amines is 1. The molecule has 1 saturated carbocycles. The smallest absolute Gasteiger partial charge is 0.230 e. The molecule has 1 amide bonds. The van der Waals surface area contributed by atoms with Gasteiger partial charge in [-0.1, -0.05) is 0 Å². The van der Waals surface area contributed by atoms with E-state index in [0.29, 0.717) is 5.91 Å². The number of nitrogens with zero attached hydrogens (tertiary/aromatic N) is 2. The van der Waals surface area contributed by atoms with Crippen LogP contribution in [0, 0.1) is 25.2 Å². The van der Waals surface area contributed by atoms with Crippen LogP contribution in [-0.4, -0.2) is 46.9 Å². The van der Waals surface area contributed by atoms with Crippen molar-refractivity contribution in [2.45, 2.75) is 52.5 Å². The Labute approximate surface area is 149 Å². The van der Waals surface area contributed by atoms with Crippen LogP contribution >= 0.6 is 0 Å². The molecule has 5 nitrogen and oxygen atoms in total. The number of amides is 1. The molecule has 0 aromatic carbocycles. The van der Waals surface area contributed by atoms with Crippen molar-refractivity contribution >= 4 is 5.91 Å². The Balaban J connectivity index is 1.46. The molecule has 0 bridgehead atoms. The highest BCUT2D eigenvalue weighted by Gasteiger charge is 2.48. The second-order valence-electron chi connectivity index (χ2n) is 8.44. The highest BCUT2D eigenvalue weighted by atomic mass is 16.2. The second-order valence-corrected chi connectivity index (χ2v) is 8.44. The molecule has 136 valence electrons. The predicted molar refractivity (Wildman–Crippen MR) is 97.4 cm³/mol. The molecule has 1 aliphatic carbocycles. The minimum Gasteiger partial charge on any atom is -0.363 e. The third-order valence-electron chi connectivity index (χ3n) is 6.43. The topological polar surface area (TPSA) is 56.4 Å². The van der Waals surface area contributed by atoms with Gasteiger partial charge in [-0.05, 0) is 58.4 Å². The van der Waals surface area contributed by atoms with Gasteiger partial charge in [-0.15, -0.1) is 0 Å². The van der Waals surface area contributed by atoms with E-state index in [1.165, 1.54) is 12.8 Å². The van der Waals surface area contributed by atoms with Crippen LogP contribution in [-0.2, 0) is 11.3 Å². The largest absolute Gasteiger partial charge is 0.363 e. The summed E-state index contributed by atoms with van der Waals surface area (Å²) in [6.07, 6.45) is 7.51. The highest BCUT2D eigenvalue weighted by molar-refractivity contribution is 5.84. The molecule has 3 heterocycles. The fourth-order valence-electron chi connectivity index (χ4n) is 4.60. The van der Waals surface area contributed by atoms with Gasteiger partial charge in [0.25, 0.3) is 0 Å². The Kier molecular flexibility index (Phi) is 4.22. The van der Waals surface area contributed by atoms with E-state index >= 15 is 0 Å². The fourth-order valence-corrected chi connectivity index (χ4v) is 4.60. The van der Waals surface area contributed by atoms with Crippen molar-refractivity contribution in [2.75, 3.05) is 26.2 Å². The van der Waals surface area contributed by atoms with E-state index in [2.05, 4.69) is 14.8 Å². The van der Waals surface area contributed by atoms with E-state index < -0.39 is 0 Å². The van der Waals surface area contributed by atoms with Gasteiger partial charge in [0.2, 0.25) is 5.91 Å². The molecule has 0 unspecified atom stereocenters. The number of pyridine rings is 1. The molecule has 3 aliphatic rings. The first-order chi connectivity index (χ1) is 12.0. The molecule has 5 heteroatoms. The summed E-state index contributed by atoms with van der Waals surface area (Å²) < 4.78 is 0. The molecule has 2 saturated heterocycles. The summed E-state index contributed by atoms with van der Waals surface area (Å²) in [5.74, 6) is 1.15. The summed E-state index contributed by atoms with van der Waals surface area (Å²) in [6.45, 7) is 8.18. The van der Waals surface area contributed by atoms with Crippen LogP contribution in [0.2, 0.25) is 0 Å². The van der Waals surface area contributed by atoms with E-state index in [4.69, 9.17) is 0 Å². The van der Waals surface area contributed by atoms with Gasteiger partial charge in [0.05, 0.1) is 5.41 Å². The van der Waals surface area contributed by atoms with E-state index in [1.807, 2.05) is 13.8 Å². The van der Waals surface area contributed by atoms with Crippen molar-refractivity contribution in [3.63, 3.8) is 0 Å². The van der Waals surface area contributed by atoms with Gasteiger partial charge in [0.1, 0.15) is 0 Å². The third kappa shape index (κ3) is 3.14. The third-order valence-corrected chi connectivity index (χ3v) is 6.43. The number of rotatable bonds is 4. The molecular formula is C20H29N3O2.